The second-order valence-electron chi connectivity index (χ2n) is 6.02. The van der Waals surface area contributed by atoms with Crippen molar-refractivity contribution in [3.8, 4) is 17.2 Å². The van der Waals surface area contributed by atoms with E-state index in [9.17, 15) is 8.42 Å². The molecule has 27 heavy (non-hydrogen) atoms. The molecule has 140 valence electrons. The summed E-state index contributed by atoms with van der Waals surface area (Å²) in [6, 6.07) is 13.3. The van der Waals surface area contributed by atoms with Crippen molar-refractivity contribution >= 4 is 27.3 Å². The molecule has 0 radical (unpaired) electrons. The van der Waals surface area contributed by atoms with Gasteiger partial charge in [0.25, 0.3) is 10.0 Å². The summed E-state index contributed by atoms with van der Waals surface area (Å²) in [7, 11) is -3.83. The van der Waals surface area contributed by atoms with E-state index in [-0.39, 0.29) is 4.90 Å². The number of hydrogen-bond donors (Lipinski definition) is 1. The van der Waals surface area contributed by atoms with Crippen LogP contribution in [0.1, 0.15) is 6.42 Å². The van der Waals surface area contributed by atoms with Crippen molar-refractivity contribution in [1.82, 2.24) is 4.57 Å². The number of aromatic nitrogens is 1. The van der Waals surface area contributed by atoms with Gasteiger partial charge in [0.2, 0.25) is 0 Å². The first kappa shape index (κ1) is 17.8. The van der Waals surface area contributed by atoms with Gasteiger partial charge in [0, 0.05) is 29.9 Å². The number of nitrogens with one attached hydrogen (secondary N) is 1. The Morgan fingerprint density at radius 3 is 2.48 bits per heavy atom. The molecular formula is C19H17ClN2O4S. The van der Waals surface area contributed by atoms with Gasteiger partial charge in [0.1, 0.15) is 0 Å². The highest BCUT2D eigenvalue weighted by Crippen LogP contribution is 2.33. The van der Waals surface area contributed by atoms with Gasteiger partial charge in [-0.25, -0.2) is 8.42 Å². The Kier molecular flexibility index (Phi) is 4.72. The van der Waals surface area contributed by atoms with Crippen LogP contribution in [0.3, 0.4) is 0 Å². The summed E-state index contributed by atoms with van der Waals surface area (Å²) in [5.74, 6) is 0.975. The summed E-state index contributed by atoms with van der Waals surface area (Å²) in [5, 5.41) is 0.511. The molecule has 0 atom stereocenters. The fraction of sp³-hybridized carbons (Fsp3) is 0.158. The van der Waals surface area contributed by atoms with Crippen LogP contribution in [0.4, 0.5) is 5.69 Å². The number of ether oxygens (including phenoxy) is 2. The van der Waals surface area contributed by atoms with Crippen LogP contribution in [0, 0.1) is 0 Å². The largest absolute Gasteiger partial charge is 0.490 e. The highest BCUT2D eigenvalue weighted by molar-refractivity contribution is 7.92. The van der Waals surface area contributed by atoms with E-state index in [0.29, 0.717) is 41.1 Å². The van der Waals surface area contributed by atoms with Crippen LogP contribution in [0.5, 0.6) is 11.5 Å². The maximum Gasteiger partial charge on any atom is 0.262 e. The molecule has 3 aromatic rings. The Balaban J connectivity index is 1.70. The molecule has 0 fully saturated rings. The molecule has 2 heterocycles. The van der Waals surface area contributed by atoms with Crippen molar-refractivity contribution in [2.75, 3.05) is 17.9 Å². The van der Waals surface area contributed by atoms with Crippen molar-refractivity contribution < 1.29 is 17.9 Å². The molecule has 0 bridgehead atoms. The summed E-state index contributed by atoms with van der Waals surface area (Å²) in [5.41, 5.74) is 1.05. The first-order valence-corrected chi connectivity index (χ1v) is 10.2. The van der Waals surface area contributed by atoms with Crippen molar-refractivity contribution in [2.45, 2.75) is 11.3 Å². The molecule has 0 saturated heterocycles. The number of halogens is 1. The summed E-state index contributed by atoms with van der Waals surface area (Å²) >= 11 is 6.10. The molecule has 8 heteroatoms. The van der Waals surface area contributed by atoms with Crippen molar-refractivity contribution in [3.05, 3.63) is 65.9 Å². The van der Waals surface area contributed by atoms with Gasteiger partial charge in [-0.2, -0.15) is 0 Å². The number of anilines is 1. The molecule has 6 nitrogen and oxygen atoms in total. The van der Waals surface area contributed by atoms with Crippen LogP contribution in [0.15, 0.2) is 65.8 Å². The Morgan fingerprint density at radius 1 is 0.963 bits per heavy atom. The van der Waals surface area contributed by atoms with Crippen molar-refractivity contribution in [2.24, 2.45) is 0 Å². The lowest BCUT2D eigenvalue weighted by Crippen LogP contribution is -2.14. The van der Waals surface area contributed by atoms with Gasteiger partial charge in [-0.3, -0.25) is 4.72 Å². The molecule has 2 aromatic carbocycles. The number of nitrogens with zero attached hydrogens (tertiary/aromatic N) is 1. The summed E-state index contributed by atoms with van der Waals surface area (Å²) in [6.07, 6.45) is 4.38. The average Bonchev–Trinajstić information content (AvgIpc) is 3.08. The summed E-state index contributed by atoms with van der Waals surface area (Å²) in [6.45, 7) is 1.03. The molecule has 0 aliphatic carbocycles. The zero-order valence-electron chi connectivity index (χ0n) is 14.3. The van der Waals surface area contributed by atoms with E-state index in [2.05, 4.69) is 4.72 Å². The summed E-state index contributed by atoms with van der Waals surface area (Å²) < 4.78 is 41.4. The number of rotatable bonds is 4. The lowest BCUT2D eigenvalue weighted by atomic mass is 10.2. The first-order valence-electron chi connectivity index (χ1n) is 8.38. The molecule has 1 aliphatic rings. The molecule has 0 saturated carbocycles. The lowest BCUT2D eigenvalue weighted by Gasteiger charge is -2.15. The van der Waals surface area contributed by atoms with Gasteiger partial charge in [-0.15, -0.1) is 0 Å². The molecule has 0 amide bonds. The third kappa shape index (κ3) is 3.74. The molecular weight excluding hydrogens is 388 g/mol. The van der Waals surface area contributed by atoms with Crippen LogP contribution in [0.25, 0.3) is 5.69 Å². The minimum atomic E-state index is -3.83. The minimum absolute atomic E-state index is 0.0974. The predicted molar refractivity (Wildman–Crippen MR) is 104 cm³/mol. The number of sulfonamides is 1. The second kappa shape index (κ2) is 7.17. The van der Waals surface area contributed by atoms with E-state index in [1.165, 1.54) is 12.1 Å². The normalized spacial score (nSPS) is 13.8. The summed E-state index contributed by atoms with van der Waals surface area (Å²) in [4.78, 5) is 0.0974. The third-order valence-electron chi connectivity index (χ3n) is 4.12. The van der Waals surface area contributed by atoms with Crippen LogP contribution in [-0.2, 0) is 10.0 Å². The molecule has 1 N–H and O–H groups in total. The zero-order valence-corrected chi connectivity index (χ0v) is 15.8. The van der Waals surface area contributed by atoms with Gasteiger partial charge in [0.05, 0.1) is 29.5 Å². The van der Waals surface area contributed by atoms with Gasteiger partial charge in [0.15, 0.2) is 11.5 Å². The van der Waals surface area contributed by atoms with Crippen molar-refractivity contribution in [1.29, 1.82) is 0 Å². The van der Waals surface area contributed by atoms with Gasteiger partial charge >= 0.3 is 0 Å². The maximum absolute atomic E-state index is 12.9. The first-order chi connectivity index (χ1) is 13.0. The average molecular weight is 405 g/mol. The van der Waals surface area contributed by atoms with E-state index >= 15 is 0 Å². The number of fused-ring (bicyclic) bond motifs is 1. The molecule has 0 unspecified atom stereocenters. The van der Waals surface area contributed by atoms with Crippen LogP contribution in [0.2, 0.25) is 5.02 Å². The van der Waals surface area contributed by atoms with Crippen LogP contribution >= 0.6 is 11.6 Å². The number of hydrogen-bond acceptors (Lipinski definition) is 4. The number of benzene rings is 2. The highest BCUT2D eigenvalue weighted by Gasteiger charge is 2.20. The minimum Gasteiger partial charge on any atom is -0.490 e. The van der Waals surface area contributed by atoms with Gasteiger partial charge in [-0.05, 0) is 42.5 Å². The standard InChI is InChI=1S/C19H17ClN2O4S/c20-14-4-6-16(17(12-14)22-8-1-2-9-22)21-27(23,24)15-5-7-18-19(13-15)26-11-3-10-25-18/h1-2,4-9,12-13,21H,3,10-11H2. The van der Waals surface area contributed by atoms with E-state index in [4.69, 9.17) is 21.1 Å². The fourth-order valence-corrected chi connectivity index (χ4v) is 4.07. The molecule has 0 spiro atoms. The fourth-order valence-electron chi connectivity index (χ4n) is 2.81. The molecule has 4 rings (SSSR count). The quantitative estimate of drug-likeness (QED) is 0.711. The maximum atomic E-state index is 12.9. The van der Waals surface area contributed by atoms with Gasteiger partial charge < -0.3 is 14.0 Å². The topological polar surface area (TPSA) is 69.6 Å². The smallest absolute Gasteiger partial charge is 0.262 e. The van der Waals surface area contributed by atoms with Gasteiger partial charge in [-0.1, -0.05) is 11.6 Å². The van der Waals surface area contributed by atoms with Crippen LogP contribution < -0.4 is 14.2 Å². The Labute approximate surface area is 162 Å². The lowest BCUT2D eigenvalue weighted by molar-refractivity contribution is 0.297. The Morgan fingerprint density at radius 2 is 1.70 bits per heavy atom. The zero-order chi connectivity index (χ0) is 18.9. The highest BCUT2D eigenvalue weighted by atomic mass is 35.5. The van der Waals surface area contributed by atoms with Crippen molar-refractivity contribution in [3.63, 3.8) is 0 Å². The molecule has 1 aromatic heterocycles. The van der Waals surface area contributed by atoms with E-state index in [1.54, 1.807) is 28.8 Å². The van der Waals surface area contributed by atoms with E-state index < -0.39 is 10.0 Å². The van der Waals surface area contributed by atoms with E-state index in [0.717, 1.165) is 6.42 Å². The van der Waals surface area contributed by atoms with E-state index in [1.807, 2.05) is 24.5 Å². The SMILES string of the molecule is O=S(=O)(Nc1ccc(Cl)cc1-n1cccc1)c1ccc2c(c1)OCCCO2. The third-order valence-corrected chi connectivity index (χ3v) is 5.71. The second-order valence-corrected chi connectivity index (χ2v) is 8.14. The predicted octanol–water partition coefficient (Wildman–Crippen LogP) is 4.09. The Bertz CT molecular complexity index is 1070. The van der Waals surface area contributed by atoms with Crippen LogP contribution in [-0.4, -0.2) is 26.2 Å². The monoisotopic (exact) mass is 404 g/mol. The Hall–Kier alpha value is -2.64. The molecule has 1 aliphatic heterocycles.